The lowest BCUT2D eigenvalue weighted by Crippen LogP contribution is -2.25. The van der Waals surface area contributed by atoms with E-state index in [-0.39, 0.29) is 11.8 Å². The minimum absolute atomic E-state index is 0.210. The van der Waals surface area contributed by atoms with E-state index >= 15 is 0 Å². The van der Waals surface area contributed by atoms with Gasteiger partial charge in [-0.25, -0.2) is 0 Å². The van der Waals surface area contributed by atoms with Crippen molar-refractivity contribution in [2.24, 2.45) is 5.92 Å². The Kier molecular flexibility index (Phi) is 3.99. The van der Waals surface area contributed by atoms with Crippen LogP contribution in [-0.2, 0) is 4.79 Å². The molecular formula is C13H17N3O3. The maximum absolute atomic E-state index is 11.7. The number of carbonyl (C=O) groups excluding carboxylic acids is 1. The van der Waals surface area contributed by atoms with Crippen LogP contribution in [0.25, 0.3) is 0 Å². The second-order valence-electron chi connectivity index (χ2n) is 4.53. The van der Waals surface area contributed by atoms with Gasteiger partial charge >= 0.3 is 5.97 Å². The minimum Gasteiger partial charge on any atom is -0.481 e. The predicted molar refractivity (Wildman–Crippen MR) is 70.2 cm³/mol. The van der Waals surface area contributed by atoms with Gasteiger partial charge in [0.05, 0.1) is 5.92 Å². The molecule has 2 heterocycles. The largest absolute Gasteiger partial charge is 0.481 e. The molecule has 0 aliphatic carbocycles. The van der Waals surface area contributed by atoms with Crippen LogP contribution in [0.4, 0.5) is 5.69 Å². The molecule has 0 saturated carbocycles. The van der Waals surface area contributed by atoms with Crippen molar-refractivity contribution in [3.63, 3.8) is 0 Å². The number of aliphatic carboxylic acids is 1. The molecule has 102 valence electrons. The number of rotatable bonds is 4. The summed E-state index contributed by atoms with van der Waals surface area (Å²) < 4.78 is 0. The molecular weight excluding hydrogens is 246 g/mol. The van der Waals surface area contributed by atoms with Crippen molar-refractivity contribution in [1.82, 2.24) is 10.3 Å². The van der Waals surface area contributed by atoms with Crippen LogP contribution >= 0.6 is 0 Å². The maximum Gasteiger partial charge on any atom is 0.308 e. The van der Waals surface area contributed by atoms with Gasteiger partial charge < -0.3 is 15.3 Å². The molecule has 1 unspecified atom stereocenters. The average molecular weight is 263 g/mol. The van der Waals surface area contributed by atoms with Gasteiger partial charge in [-0.05, 0) is 25.5 Å². The highest BCUT2D eigenvalue weighted by Gasteiger charge is 2.28. The van der Waals surface area contributed by atoms with Gasteiger partial charge in [0.25, 0.3) is 5.91 Å². The molecule has 1 aromatic rings. The van der Waals surface area contributed by atoms with E-state index in [4.69, 9.17) is 5.11 Å². The lowest BCUT2D eigenvalue weighted by molar-refractivity contribution is -0.140. The van der Waals surface area contributed by atoms with Gasteiger partial charge in [-0.2, -0.15) is 0 Å². The predicted octanol–water partition coefficient (Wildman–Crippen LogP) is 0.742. The Morgan fingerprint density at radius 1 is 1.58 bits per heavy atom. The average Bonchev–Trinajstić information content (AvgIpc) is 2.89. The number of anilines is 1. The van der Waals surface area contributed by atoms with Gasteiger partial charge in [0.1, 0.15) is 5.69 Å². The fourth-order valence-electron chi connectivity index (χ4n) is 2.19. The molecule has 6 heteroatoms. The monoisotopic (exact) mass is 263 g/mol. The lowest BCUT2D eigenvalue weighted by Gasteiger charge is -2.18. The maximum atomic E-state index is 11.7. The summed E-state index contributed by atoms with van der Waals surface area (Å²) >= 11 is 0. The number of nitrogens with zero attached hydrogens (tertiary/aromatic N) is 2. The van der Waals surface area contributed by atoms with Gasteiger partial charge in [-0.1, -0.05) is 0 Å². The molecule has 0 radical (unpaired) electrons. The Morgan fingerprint density at radius 3 is 3.00 bits per heavy atom. The van der Waals surface area contributed by atoms with Crippen LogP contribution < -0.4 is 10.2 Å². The molecule has 0 aromatic carbocycles. The number of hydrogen-bond donors (Lipinski definition) is 2. The van der Waals surface area contributed by atoms with Gasteiger partial charge in [0, 0.05) is 31.5 Å². The topological polar surface area (TPSA) is 82.5 Å². The summed E-state index contributed by atoms with van der Waals surface area (Å²) in [5, 5.41) is 11.7. The van der Waals surface area contributed by atoms with Gasteiger partial charge in [0.15, 0.2) is 0 Å². The van der Waals surface area contributed by atoms with Crippen molar-refractivity contribution in [1.29, 1.82) is 0 Å². The van der Waals surface area contributed by atoms with Crippen molar-refractivity contribution in [3.05, 3.63) is 24.0 Å². The van der Waals surface area contributed by atoms with Crippen molar-refractivity contribution in [3.8, 4) is 0 Å². The fraction of sp³-hybridized carbons (Fsp3) is 0.462. The molecule has 1 aliphatic rings. The number of hydrogen-bond acceptors (Lipinski definition) is 4. The number of carboxylic acids is 1. The summed E-state index contributed by atoms with van der Waals surface area (Å²) in [6.07, 6.45) is 2.21. The van der Waals surface area contributed by atoms with Crippen molar-refractivity contribution < 1.29 is 14.7 Å². The number of amides is 1. The van der Waals surface area contributed by atoms with E-state index in [2.05, 4.69) is 10.3 Å². The third-order valence-corrected chi connectivity index (χ3v) is 3.22. The van der Waals surface area contributed by atoms with E-state index in [9.17, 15) is 9.59 Å². The smallest absolute Gasteiger partial charge is 0.308 e. The third kappa shape index (κ3) is 3.01. The fourth-order valence-corrected chi connectivity index (χ4v) is 2.19. The number of aromatic nitrogens is 1. The molecule has 1 fully saturated rings. The minimum atomic E-state index is -0.763. The molecule has 1 saturated heterocycles. The molecule has 0 spiro atoms. The van der Waals surface area contributed by atoms with E-state index in [0.717, 1.165) is 5.69 Å². The quantitative estimate of drug-likeness (QED) is 0.837. The molecule has 6 nitrogen and oxygen atoms in total. The molecule has 1 aromatic heterocycles. The SMILES string of the molecule is CCNC(=O)c1cc(N2CCC(C(=O)O)C2)ccn1. The number of carbonyl (C=O) groups is 2. The van der Waals surface area contributed by atoms with Crippen LogP contribution in [0, 0.1) is 5.92 Å². The zero-order chi connectivity index (χ0) is 13.8. The Bertz CT molecular complexity index is 490. The highest BCUT2D eigenvalue weighted by atomic mass is 16.4. The molecule has 2 rings (SSSR count). The third-order valence-electron chi connectivity index (χ3n) is 3.22. The van der Waals surface area contributed by atoms with Crippen molar-refractivity contribution in [2.75, 3.05) is 24.5 Å². The van der Waals surface area contributed by atoms with E-state index in [1.165, 1.54) is 0 Å². The van der Waals surface area contributed by atoms with Crippen LogP contribution in [0.2, 0.25) is 0 Å². The summed E-state index contributed by atoms with van der Waals surface area (Å²) in [4.78, 5) is 28.6. The zero-order valence-electron chi connectivity index (χ0n) is 10.8. The Hall–Kier alpha value is -2.11. The van der Waals surface area contributed by atoms with E-state index in [0.29, 0.717) is 31.7 Å². The van der Waals surface area contributed by atoms with E-state index in [1.54, 1.807) is 18.3 Å². The first-order valence-electron chi connectivity index (χ1n) is 6.33. The standard InChI is InChI=1S/C13H17N3O3/c1-2-14-12(17)11-7-10(3-5-15-11)16-6-4-9(8-16)13(18)19/h3,5,7,9H,2,4,6,8H2,1H3,(H,14,17)(H,18,19). The molecule has 0 bridgehead atoms. The van der Waals surface area contributed by atoms with Crippen LogP contribution in [0.15, 0.2) is 18.3 Å². The molecule has 2 N–H and O–H groups in total. The molecule has 19 heavy (non-hydrogen) atoms. The summed E-state index contributed by atoms with van der Waals surface area (Å²) in [5.74, 6) is -1.31. The Morgan fingerprint density at radius 2 is 2.37 bits per heavy atom. The number of carboxylic acid groups (broad SMARTS) is 1. The molecule has 1 amide bonds. The summed E-state index contributed by atoms with van der Waals surface area (Å²) in [6, 6.07) is 3.50. The number of pyridine rings is 1. The highest BCUT2D eigenvalue weighted by molar-refractivity contribution is 5.93. The summed E-state index contributed by atoms with van der Waals surface area (Å²) in [5.41, 5.74) is 1.21. The first-order valence-corrected chi connectivity index (χ1v) is 6.33. The normalized spacial score (nSPS) is 18.4. The van der Waals surface area contributed by atoms with Crippen LogP contribution in [0.5, 0.6) is 0 Å². The first-order chi connectivity index (χ1) is 9.11. The van der Waals surface area contributed by atoms with Gasteiger partial charge in [-0.3, -0.25) is 14.6 Å². The zero-order valence-corrected chi connectivity index (χ0v) is 10.8. The van der Waals surface area contributed by atoms with E-state index in [1.807, 2.05) is 11.8 Å². The van der Waals surface area contributed by atoms with E-state index < -0.39 is 5.97 Å². The summed E-state index contributed by atoms with van der Waals surface area (Å²) in [7, 11) is 0. The lowest BCUT2D eigenvalue weighted by atomic mass is 10.1. The van der Waals surface area contributed by atoms with Crippen LogP contribution in [0.1, 0.15) is 23.8 Å². The number of nitrogens with one attached hydrogen (secondary N) is 1. The summed E-state index contributed by atoms with van der Waals surface area (Å²) in [6.45, 7) is 3.57. The first kappa shape index (κ1) is 13.3. The van der Waals surface area contributed by atoms with Gasteiger partial charge in [-0.15, -0.1) is 0 Å². The Labute approximate surface area is 111 Å². The second-order valence-corrected chi connectivity index (χ2v) is 4.53. The Balaban J connectivity index is 2.11. The second kappa shape index (κ2) is 5.69. The molecule has 1 aliphatic heterocycles. The van der Waals surface area contributed by atoms with Crippen LogP contribution in [-0.4, -0.2) is 41.6 Å². The van der Waals surface area contributed by atoms with Gasteiger partial charge in [0.2, 0.25) is 0 Å². The van der Waals surface area contributed by atoms with Crippen LogP contribution in [0.3, 0.4) is 0 Å². The molecule has 1 atom stereocenters. The van der Waals surface area contributed by atoms with Crippen molar-refractivity contribution in [2.45, 2.75) is 13.3 Å². The highest BCUT2D eigenvalue weighted by Crippen LogP contribution is 2.24. The van der Waals surface area contributed by atoms with Crippen molar-refractivity contribution >= 4 is 17.6 Å².